The van der Waals surface area contributed by atoms with Crippen LogP contribution in [-0.2, 0) is 12.8 Å². The van der Waals surface area contributed by atoms with Gasteiger partial charge in [-0.05, 0) is 69.0 Å². The average molecular weight is 273 g/mol. The number of piperidine rings is 1. The maximum atomic E-state index is 6.17. The Morgan fingerprint density at radius 1 is 1.10 bits per heavy atom. The van der Waals surface area contributed by atoms with Gasteiger partial charge in [0.25, 0.3) is 0 Å². The Morgan fingerprint density at radius 2 is 1.75 bits per heavy atom. The molecule has 0 amide bonds. The van der Waals surface area contributed by atoms with E-state index in [1.165, 1.54) is 49.2 Å². The molecule has 1 heterocycles. The molecule has 0 bridgehead atoms. The van der Waals surface area contributed by atoms with Gasteiger partial charge in [0.2, 0.25) is 0 Å². The summed E-state index contributed by atoms with van der Waals surface area (Å²) in [5, 5.41) is 0. The molecule has 3 heteroatoms. The van der Waals surface area contributed by atoms with E-state index in [1.54, 1.807) is 0 Å². The normalized spacial score (nSPS) is 23.4. The van der Waals surface area contributed by atoms with Crippen LogP contribution in [0, 0.1) is 5.92 Å². The molecule has 0 aromatic heterocycles. The summed E-state index contributed by atoms with van der Waals surface area (Å²) in [6.45, 7) is 4.68. The number of benzene rings is 1. The van der Waals surface area contributed by atoms with E-state index >= 15 is 0 Å². The van der Waals surface area contributed by atoms with Crippen molar-refractivity contribution in [3.05, 3.63) is 23.3 Å². The molecule has 1 aromatic rings. The Bertz CT molecular complexity index is 487. The third kappa shape index (κ3) is 2.39. The van der Waals surface area contributed by atoms with Crippen LogP contribution >= 0.6 is 0 Å². The summed E-state index contributed by atoms with van der Waals surface area (Å²) in [6.07, 6.45) is 4.88. The van der Waals surface area contributed by atoms with E-state index in [0.717, 1.165) is 24.1 Å². The van der Waals surface area contributed by atoms with Crippen LogP contribution in [0.1, 0.15) is 30.9 Å². The Morgan fingerprint density at radius 3 is 2.40 bits per heavy atom. The lowest BCUT2D eigenvalue weighted by molar-refractivity contribution is 0.249. The smallest absolute Gasteiger partial charge is 0.0403 e. The van der Waals surface area contributed by atoms with Crippen LogP contribution in [0.2, 0.25) is 0 Å². The van der Waals surface area contributed by atoms with Crippen LogP contribution in [-0.4, -0.2) is 38.1 Å². The third-order valence-corrected chi connectivity index (χ3v) is 5.08. The summed E-state index contributed by atoms with van der Waals surface area (Å²) < 4.78 is 0. The van der Waals surface area contributed by atoms with Crippen molar-refractivity contribution in [2.24, 2.45) is 5.92 Å². The summed E-state index contributed by atoms with van der Waals surface area (Å²) in [5.41, 5.74) is 11.6. The molecule has 1 atom stereocenters. The second kappa shape index (κ2) is 5.28. The van der Waals surface area contributed by atoms with Crippen molar-refractivity contribution < 1.29 is 0 Å². The molecule has 0 saturated carbocycles. The fraction of sp³-hybridized carbons (Fsp3) is 0.647. The van der Waals surface area contributed by atoms with Crippen molar-refractivity contribution in [1.82, 2.24) is 4.90 Å². The highest BCUT2D eigenvalue weighted by atomic mass is 15.2. The molecule has 3 nitrogen and oxygen atoms in total. The van der Waals surface area contributed by atoms with Crippen molar-refractivity contribution >= 4 is 11.4 Å². The highest BCUT2D eigenvalue weighted by molar-refractivity contribution is 5.67. The van der Waals surface area contributed by atoms with Crippen LogP contribution < -0.4 is 10.6 Å². The first kappa shape index (κ1) is 13.7. The number of nitrogens with zero attached hydrogens (tertiary/aromatic N) is 2. The maximum absolute atomic E-state index is 6.17. The van der Waals surface area contributed by atoms with E-state index in [1.807, 2.05) is 0 Å². The van der Waals surface area contributed by atoms with Crippen LogP contribution in [0.3, 0.4) is 0 Å². The number of nitrogens with two attached hydrogens (primary N) is 1. The number of anilines is 2. The largest absolute Gasteiger partial charge is 0.398 e. The number of fused-ring (bicyclic) bond motifs is 1. The van der Waals surface area contributed by atoms with Crippen molar-refractivity contribution in [2.45, 2.75) is 38.6 Å². The van der Waals surface area contributed by atoms with Gasteiger partial charge in [-0.25, -0.2) is 0 Å². The second-order valence-electron chi connectivity index (χ2n) is 6.83. The molecule has 1 unspecified atom stereocenters. The number of hydrogen-bond donors (Lipinski definition) is 1. The van der Waals surface area contributed by atoms with Gasteiger partial charge in [0.1, 0.15) is 0 Å². The maximum Gasteiger partial charge on any atom is 0.0403 e. The molecule has 1 fully saturated rings. The van der Waals surface area contributed by atoms with Crippen LogP contribution in [0.5, 0.6) is 0 Å². The summed E-state index contributed by atoms with van der Waals surface area (Å²) in [5.74, 6) is 0.743. The standard InChI is InChI=1S/C17H27N3/c1-12-10-14-15(11-12)17(5-4-16(14)18)20-8-6-13(7-9-20)19(2)3/h4-5,12-13H,6-11,18H2,1-3H3. The molecule has 20 heavy (non-hydrogen) atoms. The van der Waals surface area contributed by atoms with E-state index in [0.29, 0.717) is 0 Å². The minimum atomic E-state index is 0.743. The van der Waals surface area contributed by atoms with Crippen molar-refractivity contribution in [3.8, 4) is 0 Å². The fourth-order valence-corrected chi connectivity index (χ4v) is 3.86. The predicted molar refractivity (Wildman–Crippen MR) is 86.3 cm³/mol. The highest BCUT2D eigenvalue weighted by Crippen LogP contribution is 2.38. The minimum Gasteiger partial charge on any atom is -0.398 e. The van der Waals surface area contributed by atoms with E-state index in [4.69, 9.17) is 5.73 Å². The van der Waals surface area contributed by atoms with Crippen LogP contribution in [0.4, 0.5) is 11.4 Å². The predicted octanol–water partition coefficient (Wildman–Crippen LogP) is 2.53. The Balaban J connectivity index is 1.81. The molecule has 1 aromatic carbocycles. The summed E-state index contributed by atoms with van der Waals surface area (Å²) in [7, 11) is 4.39. The number of hydrogen-bond acceptors (Lipinski definition) is 3. The van der Waals surface area contributed by atoms with Crippen LogP contribution in [0.25, 0.3) is 0 Å². The third-order valence-electron chi connectivity index (χ3n) is 5.08. The minimum absolute atomic E-state index is 0.743. The van der Waals surface area contributed by atoms with Crippen LogP contribution in [0.15, 0.2) is 12.1 Å². The molecule has 110 valence electrons. The SMILES string of the molecule is CC1Cc2c(N)ccc(N3CCC(N(C)C)CC3)c2C1. The zero-order valence-corrected chi connectivity index (χ0v) is 13.0. The van der Waals surface area contributed by atoms with Crippen molar-refractivity contribution in [3.63, 3.8) is 0 Å². The topological polar surface area (TPSA) is 32.5 Å². The van der Waals surface area contributed by atoms with Gasteiger partial charge in [0.15, 0.2) is 0 Å². The molecule has 1 saturated heterocycles. The molecular weight excluding hydrogens is 246 g/mol. The zero-order chi connectivity index (χ0) is 14.3. The van der Waals surface area contributed by atoms with Gasteiger partial charge < -0.3 is 15.5 Å². The quantitative estimate of drug-likeness (QED) is 0.841. The molecular formula is C17H27N3. The second-order valence-corrected chi connectivity index (χ2v) is 6.83. The lowest BCUT2D eigenvalue weighted by Crippen LogP contribution is -2.42. The first-order valence-corrected chi connectivity index (χ1v) is 7.88. The summed E-state index contributed by atoms with van der Waals surface area (Å²) in [4.78, 5) is 4.95. The Labute approximate surface area is 122 Å². The fourth-order valence-electron chi connectivity index (χ4n) is 3.86. The lowest BCUT2D eigenvalue weighted by Gasteiger charge is -2.37. The van der Waals surface area contributed by atoms with E-state index in [-0.39, 0.29) is 0 Å². The summed E-state index contributed by atoms with van der Waals surface area (Å²) >= 11 is 0. The number of rotatable bonds is 2. The van der Waals surface area contributed by atoms with Crippen molar-refractivity contribution in [1.29, 1.82) is 0 Å². The van der Waals surface area contributed by atoms with Gasteiger partial charge in [-0.2, -0.15) is 0 Å². The highest BCUT2D eigenvalue weighted by Gasteiger charge is 2.27. The summed E-state index contributed by atoms with van der Waals surface area (Å²) in [6, 6.07) is 5.11. The van der Waals surface area contributed by atoms with Gasteiger partial charge in [-0.1, -0.05) is 6.92 Å². The molecule has 3 rings (SSSR count). The number of nitrogen functional groups attached to an aromatic ring is 1. The van der Waals surface area contributed by atoms with Gasteiger partial charge in [0, 0.05) is 30.5 Å². The molecule has 1 aliphatic carbocycles. The van der Waals surface area contributed by atoms with E-state index < -0.39 is 0 Å². The molecule has 0 radical (unpaired) electrons. The lowest BCUT2D eigenvalue weighted by atomic mass is 10.00. The molecule has 0 spiro atoms. The van der Waals surface area contributed by atoms with E-state index in [2.05, 4.69) is 43.0 Å². The van der Waals surface area contributed by atoms with Gasteiger partial charge in [-0.15, -0.1) is 0 Å². The Hall–Kier alpha value is -1.22. The monoisotopic (exact) mass is 273 g/mol. The van der Waals surface area contributed by atoms with Gasteiger partial charge in [-0.3, -0.25) is 0 Å². The van der Waals surface area contributed by atoms with Crippen molar-refractivity contribution in [2.75, 3.05) is 37.8 Å². The molecule has 2 N–H and O–H groups in total. The Kier molecular flexibility index (Phi) is 3.63. The average Bonchev–Trinajstić information content (AvgIpc) is 2.82. The first-order valence-electron chi connectivity index (χ1n) is 7.88. The van der Waals surface area contributed by atoms with Gasteiger partial charge in [0.05, 0.1) is 0 Å². The van der Waals surface area contributed by atoms with E-state index in [9.17, 15) is 0 Å². The zero-order valence-electron chi connectivity index (χ0n) is 13.0. The molecule has 2 aliphatic rings. The molecule has 1 aliphatic heterocycles. The van der Waals surface area contributed by atoms with Gasteiger partial charge >= 0.3 is 0 Å². The first-order chi connectivity index (χ1) is 9.56.